The first-order valence-electron chi connectivity index (χ1n) is 11.4. The van der Waals surface area contributed by atoms with E-state index in [4.69, 9.17) is 4.74 Å². The van der Waals surface area contributed by atoms with Crippen molar-refractivity contribution >= 4 is 51.2 Å². The number of carboxylic acids is 1. The van der Waals surface area contributed by atoms with E-state index in [1.165, 1.54) is 38.9 Å². The van der Waals surface area contributed by atoms with E-state index in [1.54, 1.807) is 0 Å². The zero-order chi connectivity index (χ0) is 24.2. The third-order valence-corrected chi connectivity index (χ3v) is 6.08. The first kappa shape index (κ1) is 28.3. The van der Waals surface area contributed by atoms with Gasteiger partial charge in [0.15, 0.2) is 0 Å². The van der Waals surface area contributed by atoms with Crippen molar-refractivity contribution in [3.05, 3.63) is 59.2 Å². The summed E-state index contributed by atoms with van der Waals surface area (Å²) < 4.78 is 5.96. The van der Waals surface area contributed by atoms with Gasteiger partial charge in [0.2, 0.25) is 0 Å². The van der Waals surface area contributed by atoms with Crippen LogP contribution in [0.3, 0.4) is 0 Å². The number of halogens is 2. The highest BCUT2D eigenvalue weighted by molar-refractivity contribution is 14.1. The number of fused-ring (bicyclic) bond motifs is 2. The molecule has 33 heavy (non-hydrogen) atoms. The van der Waals surface area contributed by atoms with Gasteiger partial charge in [-0.3, -0.25) is 4.79 Å². The van der Waals surface area contributed by atoms with Crippen LogP contribution in [0.4, 0.5) is 0 Å². The molecule has 0 aliphatic carbocycles. The molecule has 1 unspecified atom stereocenters. The van der Waals surface area contributed by atoms with E-state index >= 15 is 0 Å². The Morgan fingerprint density at radius 3 is 2.39 bits per heavy atom. The smallest absolute Gasteiger partial charge is 0.315 e. The quantitative estimate of drug-likeness (QED) is 0.272. The summed E-state index contributed by atoms with van der Waals surface area (Å²) >= 11 is 4.30. The highest BCUT2D eigenvalue weighted by Crippen LogP contribution is 2.44. The summed E-state index contributed by atoms with van der Waals surface area (Å²) in [6.45, 7) is 5.77. The Kier molecular flexibility index (Phi) is 13.0. The molecule has 2 heterocycles. The van der Waals surface area contributed by atoms with Crippen LogP contribution in [0.25, 0.3) is 0 Å². The maximum absolute atomic E-state index is 12.0. The molecule has 1 fully saturated rings. The molecular formula is C26H36I2N2O3. The van der Waals surface area contributed by atoms with E-state index in [1.807, 2.05) is 46.3 Å². The lowest BCUT2D eigenvalue weighted by molar-refractivity contribution is -0.137. The van der Waals surface area contributed by atoms with Crippen LogP contribution in [0.5, 0.6) is 11.5 Å². The van der Waals surface area contributed by atoms with Crippen LogP contribution in [0, 0.1) is 0 Å². The molecule has 0 aromatic heterocycles. The molecular weight excluding hydrogens is 642 g/mol. The van der Waals surface area contributed by atoms with E-state index in [-0.39, 0.29) is 0 Å². The van der Waals surface area contributed by atoms with Crippen LogP contribution < -0.4 is 4.74 Å². The van der Waals surface area contributed by atoms with E-state index < -0.39 is 11.9 Å². The Hall–Kier alpha value is -0.910. The number of hydrogen-bond donors (Lipinski definition) is 1. The number of likely N-dealkylation sites (N-methyl/N-ethyl adjacent to an activating group) is 1. The summed E-state index contributed by atoms with van der Waals surface area (Å²) in [4.78, 5) is 20.9. The molecule has 0 radical (unpaired) electrons. The van der Waals surface area contributed by atoms with Crippen molar-refractivity contribution in [1.82, 2.24) is 9.80 Å². The van der Waals surface area contributed by atoms with Gasteiger partial charge in [-0.15, -0.1) is 0 Å². The molecule has 182 valence electrons. The summed E-state index contributed by atoms with van der Waals surface area (Å²) in [6.07, 6.45) is 4.80. The number of hydrogen-bond acceptors (Lipinski definition) is 4. The Morgan fingerprint density at radius 2 is 1.70 bits per heavy atom. The SMILES string of the molecule is CI.CI.CN(CCCN1CCCC1)CCc1ccc2c(c1)C(C(=O)O)c1ccccc1O2. The highest BCUT2D eigenvalue weighted by Gasteiger charge is 2.32. The molecule has 1 atom stereocenters. The molecule has 0 saturated carbocycles. The fourth-order valence-electron chi connectivity index (χ4n) is 4.44. The predicted molar refractivity (Wildman–Crippen MR) is 154 cm³/mol. The summed E-state index contributed by atoms with van der Waals surface area (Å²) in [5, 5.41) is 9.86. The minimum Gasteiger partial charge on any atom is -0.481 e. The predicted octanol–water partition coefficient (Wildman–Crippen LogP) is 6.07. The second-order valence-electron chi connectivity index (χ2n) is 8.24. The standard InChI is InChI=1S/C24H30N2O3.2CH3I/c1-25(12-6-15-26-13-4-5-14-26)16-11-18-9-10-22-20(17-18)23(24(27)28)19-7-2-3-8-21(19)29-22;2*1-2/h2-3,7-10,17,23H,4-6,11-16H2,1H3,(H,27,28);2*1H3. The van der Waals surface area contributed by atoms with Crippen LogP contribution in [0.15, 0.2) is 42.5 Å². The number of benzene rings is 2. The molecule has 4 rings (SSSR count). The largest absolute Gasteiger partial charge is 0.481 e. The first-order valence-corrected chi connectivity index (χ1v) is 15.7. The average molecular weight is 678 g/mol. The molecule has 2 aliphatic rings. The lowest BCUT2D eigenvalue weighted by atomic mass is 9.87. The Balaban J connectivity index is 0.000000914. The van der Waals surface area contributed by atoms with Gasteiger partial charge < -0.3 is 19.6 Å². The van der Waals surface area contributed by atoms with Crippen molar-refractivity contribution in [2.45, 2.75) is 31.6 Å². The number of ether oxygens (including phenoxy) is 1. The van der Waals surface area contributed by atoms with Crippen molar-refractivity contribution in [1.29, 1.82) is 0 Å². The van der Waals surface area contributed by atoms with Gasteiger partial charge in [0.1, 0.15) is 17.4 Å². The van der Waals surface area contributed by atoms with Gasteiger partial charge >= 0.3 is 5.97 Å². The number of rotatable bonds is 8. The minimum absolute atomic E-state index is 0.637. The Morgan fingerprint density at radius 1 is 1.03 bits per heavy atom. The van der Waals surface area contributed by atoms with Crippen molar-refractivity contribution in [3.8, 4) is 11.5 Å². The number of nitrogens with zero attached hydrogens (tertiary/aromatic N) is 2. The third-order valence-electron chi connectivity index (χ3n) is 6.08. The van der Waals surface area contributed by atoms with Crippen molar-refractivity contribution in [3.63, 3.8) is 0 Å². The number of alkyl halides is 2. The van der Waals surface area contributed by atoms with Gasteiger partial charge in [0, 0.05) is 17.7 Å². The summed E-state index contributed by atoms with van der Waals surface area (Å²) in [7, 11) is 2.17. The number of para-hydroxylation sites is 1. The third kappa shape index (κ3) is 8.07. The van der Waals surface area contributed by atoms with E-state index in [0.29, 0.717) is 11.5 Å². The van der Waals surface area contributed by atoms with Gasteiger partial charge in [-0.25, -0.2) is 0 Å². The Bertz CT molecular complexity index is 872. The normalized spacial score (nSPS) is 16.5. The highest BCUT2D eigenvalue weighted by atomic mass is 127. The van der Waals surface area contributed by atoms with Gasteiger partial charge in [0.05, 0.1) is 0 Å². The summed E-state index contributed by atoms with van der Waals surface area (Å²) in [5.74, 6) is -0.219. The van der Waals surface area contributed by atoms with E-state index in [2.05, 4.69) is 68.1 Å². The number of carbonyl (C=O) groups is 1. The van der Waals surface area contributed by atoms with E-state index in [9.17, 15) is 9.90 Å². The number of carboxylic acid groups (broad SMARTS) is 1. The van der Waals surface area contributed by atoms with E-state index in [0.717, 1.165) is 36.2 Å². The zero-order valence-electron chi connectivity index (χ0n) is 19.9. The molecule has 2 aromatic carbocycles. The molecule has 2 aliphatic heterocycles. The molecule has 0 amide bonds. The maximum Gasteiger partial charge on any atom is 0.315 e. The van der Waals surface area contributed by atoms with Crippen LogP contribution in [0.1, 0.15) is 41.9 Å². The molecule has 0 spiro atoms. The van der Waals surface area contributed by atoms with Crippen LogP contribution in [-0.4, -0.2) is 70.5 Å². The van der Waals surface area contributed by atoms with Crippen molar-refractivity contribution in [2.24, 2.45) is 0 Å². The number of likely N-dealkylation sites (tertiary alicyclic amines) is 1. The number of aliphatic carboxylic acids is 1. The van der Waals surface area contributed by atoms with Crippen LogP contribution in [0.2, 0.25) is 0 Å². The van der Waals surface area contributed by atoms with Gasteiger partial charge in [-0.05, 0) is 86.5 Å². The van der Waals surface area contributed by atoms with Gasteiger partial charge in [-0.2, -0.15) is 0 Å². The summed E-state index contributed by atoms with van der Waals surface area (Å²) in [6, 6.07) is 13.4. The average Bonchev–Trinajstić information content (AvgIpc) is 3.37. The second-order valence-corrected chi connectivity index (χ2v) is 8.24. The zero-order valence-corrected chi connectivity index (χ0v) is 24.2. The lowest BCUT2D eigenvalue weighted by Crippen LogP contribution is -2.27. The van der Waals surface area contributed by atoms with Gasteiger partial charge in [0.25, 0.3) is 0 Å². The monoisotopic (exact) mass is 678 g/mol. The fraction of sp³-hybridized carbons (Fsp3) is 0.500. The molecule has 2 aromatic rings. The van der Waals surface area contributed by atoms with Crippen LogP contribution >= 0.6 is 45.2 Å². The van der Waals surface area contributed by atoms with Gasteiger partial charge in [-0.1, -0.05) is 75.5 Å². The summed E-state index contributed by atoms with van der Waals surface area (Å²) in [5.41, 5.74) is 2.64. The topological polar surface area (TPSA) is 53.0 Å². The van der Waals surface area contributed by atoms with Crippen LogP contribution in [-0.2, 0) is 11.2 Å². The molecule has 5 nitrogen and oxygen atoms in total. The minimum atomic E-state index is -0.835. The Labute approximate surface area is 226 Å². The first-order chi connectivity index (χ1) is 16.1. The molecule has 7 heteroatoms. The second kappa shape index (κ2) is 15.2. The molecule has 0 bridgehead atoms. The fourth-order valence-corrected chi connectivity index (χ4v) is 4.44. The van der Waals surface area contributed by atoms with Crippen molar-refractivity contribution < 1.29 is 14.6 Å². The molecule has 1 N–H and O–H groups in total. The maximum atomic E-state index is 12.0. The lowest BCUT2D eigenvalue weighted by Gasteiger charge is -2.26. The van der Waals surface area contributed by atoms with Crippen molar-refractivity contribution in [2.75, 3.05) is 49.6 Å². The molecule has 1 saturated heterocycles.